The minimum Gasteiger partial charge on any atom is -0.388 e. The summed E-state index contributed by atoms with van der Waals surface area (Å²) in [5.41, 5.74) is 0.825. The van der Waals surface area contributed by atoms with Gasteiger partial charge >= 0.3 is 0 Å². The number of anilines is 1. The molecule has 1 aliphatic carbocycles. The summed E-state index contributed by atoms with van der Waals surface area (Å²) in [7, 11) is 0. The van der Waals surface area contributed by atoms with Crippen LogP contribution in [0.3, 0.4) is 0 Å². The van der Waals surface area contributed by atoms with Crippen LogP contribution in [-0.2, 0) is 0 Å². The van der Waals surface area contributed by atoms with Gasteiger partial charge in [0.05, 0.1) is 11.2 Å². The number of amides is 1. The molecular formula is C16H24N2O2. The highest BCUT2D eigenvalue weighted by atomic mass is 16.3. The minimum absolute atomic E-state index is 0.120. The van der Waals surface area contributed by atoms with E-state index in [4.69, 9.17) is 0 Å². The first-order chi connectivity index (χ1) is 9.64. The molecule has 1 aromatic carbocycles. The Kier molecular flexibility index (Phi) is 5.01. The first-order valence-corrected chi connectivity index (χ1v) is 7.48. The standard InChI is InChI=1S/C16H24N2O2/c1-2-3-11-17-14-8-5-4-7-13(14)15(19)18-12-16(20)9-6-10-16/h4-5,7-8,17,20H,2-3,6,9-12H2,1H3,(H,18,19). The predicted molar refractivity (Wildman–Crippen MR) is 81.0 cm³/mol. The second-order valence-corrected chi connectivity index (χ2v) is 5.59. The number of hydrogen-bond acceptors (Lipinski definition) is 3. The Morgan fingerprint density at radius 3 is 2.75 bits per heavy atom. The minimum atomic E-state index is -0.680. The number of nitrogens with one attached hydrogen (secondary N) is 2. The van der Waals surface area contributed by atoms with Crippen molar-refractivity contribution >= 4 is 11.6 Å². The molecule has 110 valence electrons. The molecule has 0 bridgehead atoms. The molecule has 0 saturated heterocycles. The Hall–Kier alpha value is -1.55. The molecule has 0 aliphatic heterocycles. The molecule has 1 amide bonds. The van der Waals surface area contributed by atoms with Crippen LogP contribution in [0.4, 0.5) is 5.69 Å². The van der Waals surface area contributed by atoms with Crippen LogP contribution in [0.2, 0.25) is 0 Å². The molecule has 4 nitrogen and oxygen atoms in total. The van der Waals surface area contributed by atoms with Gasteiger partial charge in [-0.2, -0.15) is 0 Å². The maximum Gasteiger partial charge on any atom is 0.253 e. The maximum atomic E-state index is 12.2. The number of benzene rings is 1. The Morgan fingerprint density at radius 1 is 1.35 bits per heavy atom. The lowest BCUT2D eigenvalue weighted by atomic mass is 9.80. The Labute approximate surface area is 120 Å². The second-order valence-electron chi connectivity index (χ2n) is 5.59. The Balaban J connectivity index is 1.94. The summed E-state index contributed by atoms with van der Waals surface area (Å²) in [6.07, 6.45) is 4.80. The van der Waals surface area contributed by atoms with E-state index in [1.807, 2.05) is 24.3 Å². The summed E-state index contributed by atoms with van der Waals surface area (Å²) in [4.78, 5) is 12.2. The van der Waals surface area contributed by atoms with Gasteiger partial charge in [-0.15, -0.1) is 0 Å². The van der Waals surface area contributed by atoms with Crippen LogP contribution in [0, 0.1) is 0 Å². The molecule has 0 radical (unpaired) electrons. The van der Waals surface area contributed by atoms with Crippen molar-refractivity contribution in [2.45, 2.75) is 44.6 Å². The second kappa shape index (κ2) is 6.75. The van der Waals surface area contributed by atoms with Crippen LogP contribution in [0.5, 0.6) is 0 Å². The van der Waals surface area contributed by atoms with E-state index < -0.39 is 5.60 Å². The van der Waals surface area contributed by atoms with Gasteiger partial charge in [-0.1, -0.05) is 25.5 Å². The van der Waals surface area contributed by atoms with Gasteiger partial charge in [-0.25, -0.2) is 0 Å². The van der Waals surface area contributed by atoms with Crippen molar-refractivity contribution in [2.75, 3.05) is 18.4 Å². The van der Waals surface area contributed by atoms with Crippen molar-refractivity contribution in [3.05, 3.63) is 29.8 Å². The molecule has 1 aromatic rings. The topological polar surface area (TPSA) is 61.4 Å². The van der Waals surface area contributed by atoms with Crippen LogP contribution in [0.1, 0.15) is 49.4 Å². The zero-order chi connectivity index (χ0) is 14.4. The van der Waals surface area contributed by atoms with Crippen molar-refractivity contribution in [3.63, 3.8) is 0 Å². The molecule has 0 heterocycles. The molecule has 2 rings (SSSR count). The number of carbonyl (C=O) groups is 1. The summed E-state index contributed by atoms with van der Waals surface area (Å²) in [5.74, 6) is -0.120. The molecule has 20 heavy (non-hydrogen) atoms. The van der Waals surface area contributed by atoms with Gasteiger partial charge in [-0.05, 0) is 37.8 Å². The molecule has 4 heteroatoms. The van der Waals surface area contributed by atoms with E-state index in [9.17, 15) is 9.90 Å². The van der Waals surface area contributed by atoms with Crippen molar-refractivity contribution in [2.24, 2.45) is 0 Å². The maximum absolute atomic E-state index is 12.2. The lowest BCUT2D eigenvalue weighted by Gasteiger charge is -2.36. The highest BCUT2D eigenvalue weighted by Gasteiger charge is 2.34. The highest BCUT2D eigenvalue weighted by molar-refractivity contribution is 5.99. The normalized spacial score (nSPS) is 16.3. The summed E-state index contributed by atoms with van der Waals surface area (Å²) < 4.78 is 0. The number of carbonyl (C=O) groups excluding carboxylic acids is 1. The molecule has 3 N–H and O–H groups in total. The average molecular weight is 276 g/mol. The van der Waals surface area contributed by atoms with Crippen molar-refractivity contribution in [1.29, 1.82) is 0 Å². The number of hydrogen-bond donors (Lipinski definition) is 3. The monoisotopic (exact) mass is 276 g/mol. The van der Waals surface area contributed by atoms with Crippen LogP contribution >= 0.6 is 0 Å². The van der Waals surface area contributed by atoms with E-state index in [2.05, 4.69) is 17.6 Å². The zero-order valence-corrected chi connectivity index (χ0v) is 12.1. The van der Waals surface area contributed by atoms with E-state index >= 15 is 0 Å². The summed E-state index contributed by atoms with van der Waals surface area (Å²) in [6.45, 7) is 3.35. The number of aliphatic hydroxyl groups is 1. The van der Waals surface area contributed by atoms with E-state index in [0.29, 0.717) is 12.1 Å². The van der Waals surface area contributed by atoms with Gasteiger partial charge in [0.2, 0.25) is 0 Å². The number of unbranched alkanes of at least 4 members (excludes halogenated alkanes) is 1. The Morgan fingerprint density at radius 2 is 2.10 bits per heavy atom. The third-order valence-electron chi connectivity index (χ3n) is 3.88. The fraction of sp³-hybridized carbons (Fsp3) is 0.562. The van der Waals surface area contributed by atoms with Crippen LogP contribution in [-0.4, -0.2) is 29.7 Å². The van der Waals surface area contributed by atoms with Crippen molar-refractivity contribution in [1.82, 2.24) is 5.32 Å². The molecule has 1 aliphatic rings. The van der Waals surface area contributed by atoms with Gasteiger partial charge in [0.1, 0.15) is 0 Å². The van der Waals surface area contributed by atoms with Gasteiger partial charge < -0.3 is 15.7 Å². The van der Waals surface area contributed by atoms with Gasteiger partial charge in [0.15, 0.2) is 0 Å². The van der Waals surface area contributed by atoms with Crippen molar-refractivity contribution in [3.8, 4) is 0 Å². The van der Waals surface area contributed by atoms with Crippen molar-refractivity contribution < 1.29 is 9.90 Å². The number of rotatable bonds is 7. The first kappa shape index (κ1) is 14.9. The molecule has 0 aromatic heterocycles. The highest BCUT2D eigenvalue weighted by Crippen LogP contribution is 2.30. The zero-order valence-electron chi connectivity index (χ0n) is 12.1. The van der Waals surface area contributed by atoms with E-state index in [-0.39, 0.29) is 5.91 Å². The Bertz CT molecular complexity index is 456. The smallest absolute Gasteiger partial charge is 0.253 e. The van der Waals surface area contributed by atoms with Crippen LogP contribution in [0.25, 0.3) is 0 Å². The fourth-order valence-corrected chi connectivity index (χ4v) is 2.34. The van der Waals surface area contributed by atoms with Crippen LogP contribution in [0.15, 0.2) is 24.3 Å². The van der Waals surface area contributed by atoms with Gasteiger partial charge in [-0.3, -0.25) is 4.79 Å². The fourth-order valence-electron chi connectivity index (χ4n) is 2.34. The van der Waals surface area contributed by atoms with E-state index in [1.165, 1.54) is 0 Å². The molecular weight excluding hydrogens is 252 g/mol. The lowest BCUT2D eigenvalue weighted by Crippen LogP contribution is -2.47. The average Bonchev–Trinajstić information content (AvgIpc) is 2.43. The van der Waals surface area contributed by atoms with Gasteiger partial charge in [0, 0.05) is 18.8 Å². The molecule has 0 spiro atoms. The molecule has 0 unspecified atom stereocenters. The molecule has 0 atom stereocenters. The third kappa shape index (κ3) is 3.73. The third-order valence-corrected chi connectivity index (χ3v) is 3.88. The first-order valence-electron chi connectivity index (χ1n) is 7.48. The van der Waals surface area contributed by atoms with E-state index in [1.54, 1.807) is 0 Å². The predicted octanol–water partition coefficient (Wildman–Crippen LogP) is 2.54. The van der Waals surface area contributed by atoms with Gasteiger partial charge in [0.25, 0.3) is 5.91 Å². The quantitative estimate of drug-likeness (QED) is 0.671. The summed E-state index contributed by atoms with van der Waals surface area (Å²) in [6, 6.07) is 7.51. The summed E-state index contributed by atoms with van der Waals surface area (Å²) in [5, 5.41) is 16.2. The SMILES string of the molecule is CCCCNc1ccccc1C(=O)NCC1(O)CCC1. The largest absolute Gasteiger partial charge is 0.388 e. The molecule has 1 saturated carbocycles. The number of para-hydroxylation sites is 1. The molecule has 1 fully saturated rings. The van der Waals surface area contributed by atoms with Crippen LogP contribution < -0.4 is 10.6 Å². The lowest BCUT2D eigenvalue weighted by molar-refractivity contribution is -0.0300. The van der Waals surface area contributed by atoms with E-state index in [0.717, 1.165) is 44.3 Å². The summed E-state index contributed by atoms with van der Waals surface area (Å²) >= 11 is 0.